The molecule has 0 aliphatic carbocycles. The average molecular weight is 435 g/mol. The zero-order valence-corrected chi connectivity index (χ0v) is 18.5. The minimum absolute atomic E-state index is 0.000539. The molecule has 0 bridgehead atoms. The number of hydrogen-bond acceptors (Lipinski definition) is 2. The summed E-state index contributed by atoms with van der Waals surface area (Å²) in [6, 6.07) is 19.5. The number of nitrogens with zero attached hydrogens (tertiary/aromatic N) is 2. The molecule has 0 radical (unpaired) electrons. The molecule has 1 aliphatic rings. The third-order valence-electron chi connectivity index (χ3n) is 6.13. The van der Waals surface area contributed by atoms with Gasteiger partial charge in [0.05, 0.1) is 0 Å². The standard InChI is InChI=1S/C27H28F2N2O/c1-19-6-10-24(11-7-19)31(27(32)21-5-3-4-20(2)16-21)25-12-14-30(15-13-25)18-22-8-9-23(28)17-26(22)29/h3-11,16-17,25H,12-15,18H2,1-2H3. The second kappa shape index (κ2) is 9.61. The van der Waals surface area contributed by atoms with Gasteiger partial charge < -0.3 is 4.90 Å². The molecule has 0 aromatic heterocycles. The number of aryl methyl sites for hydroxylation is 2. The van der Waals surface area contributed by atoms with E-state index in [1.165, 1.54) is 12.1 Å². The van der Waals surface area contributed by atoms with Crippen LogP contribution in [-0.4, -0.2) is 29.9 Å². The Bertz CT molecular complexity index is 1090. The molecule has 1 amide bonds. The molecular weight excluding hydrogens is 406 g/mol. The number of likely N-dealkylation sites (tertiary alicyclic amines) is 1. The third-order valence-corrected chi connectivity index (χ3v) is 6.13. The van der Waals surface area contributed by atoms with Crippen molar-refractivity contribution in [3.05, 3.63) is 101 Å². The molecule has 3 nitrogen and oxygen atoms in total. The van der Waals surface area contributed by atoms with Gasteiger partial charge in [0.15, 0.2) is 0 Å². The number of carbonyl (C=O) groups excluding carboxylic acids is 1. The number of benzene rings is 3. The molecule has 4 rings (SSSR count). The molecule has 1 heterocycles. The lowest BCUT2D eigenvalue weighted by Crippen LogP contribution is -2.47. The van der Waals surface area contributed by atoms with Crippen molar-refractivity contribution in [3.8, 4) is 0 Å². The number of piperidine rings is 1. The normalized spacial score (nSPS) is 15.0. The van der Waals surface area contributed by atoms with Crippen LogP contribution in [0.5, 0.6) is 0 Å². The molecule has 0 spiro atoms. The van der Waals surface area contributed by atoms with Gasteiger partial charge in [0, 0.05) is 48.6 Å². The molecule has 0 N–H and O–H groups in total. The van der Waals surface area contributed by atoms with Crippen LogP contribution >= 0.6 is 0 Å². The van der Waals surface area contributed by atoms with Gasteiger partial charge in [-0.15, -0.1) is 0 Å². The predicted molar refractivity (Wildman–Crippen MR) is 124 cm³/mol. The number of rotatable bonds is 5. The summed E-state index contributed by atoms with van der Waals surface area (Å²) in [7, 11) is 0. The fourth-order valence-corrected chi connectivity index (χ4v) is 4.34. The van der Waals surface area contributed by atoms with Crippen LogP contribution in [0.25, 0.3) is 0 Å². The largest absolute Gasteiger partial charge is 0.305 e. The lowest BCUT2D eigenvalue weighted by Gasteiger charge is -2.39. The van der Waals surface area contributed by atoms with Gasteiger partial charge in [-0.2, -0.15) is 0 Å². The third kappa shape index (κ3) is 5.05. The Morgan fingerprint density at radius 3 is 2.31 bits per heavy atom. The van der Waals surface area contributed by atoms with Crippen LogP contribution in [0.15, 0.2) is 66.7 Å². The van der Waals surface area contributed by atoms with Crippen molar-refractivity contribution in [2.75, 3.05) is 18.0 Å². The fourth-order valence-electron chi connectivity index (χ4n) is 4.34. The smallest absolute Gasteiger partial charge is 0.258 e. The maximum Gasteiger partial charge on any atom is 0.258 e. The average Bonchev–Trinajstić information content (AvgIpc) is 2.78. The highest BCUT2D eigenvalue weighted by Crippen LogP contribution is 2.27. The zero-order valence-electron chi connectivity index (χ0n) is 18.5. The number of anilines is 1. The highest BCUT2D eigenvalue weighted by atomic mass is 19.1. The van der Waals surface area contributed by atoms with Crippen LogP contribution in [0.3, 0.4) is 0 Å². The van der Waals surface area contributed by atoms with Gasteiger partial charge in [-0.25, -0.2) is 8.78 Å². The summed E-state index contributed by atoms with van der Waals surface area (Å²) in [4.78, 5) is 17.6. The number of amides is 1. The molecule has 0 atom stereocenters. The Morgan fingerprint density at radius 2 is 1.66 bits per heavy atom. The molecule has 166 valence electrons. The summed E-state index contributed by atoms with van der Waals surface area (Å²) in [5.41, 5.74) is 4.27. The Hall–Kier alpha value is -3.05. The van der Waals surface area contributed by atoms with Crippen molar-refractivity contribution < 1.29 is 13.6 Å². The number of halogens is 2. The summed E-state index contributed by atoms with van der Waals surface area (Å²) < 4.78 is 27.3. The Morgan fingerprint density at radius 1 is 0.938 bits per heavy atom. The van der Waals surface area contributed by atoms with Crippen molar-refractivity contribution in [1.82, 2.24) is 4.90 Å². The predicted octanol–water partition coefficient (Wildman–Crippen LogP) is 5.89. The summed E-state index contributed by atoms with van der Waals surface area (Å²) in [5.74, 6) is -1.07. The number of carbonyl (C=O) groups is 1. The molecule has 0 saturated carbocycles. The van der Waals surface area contributed by atoms with Crippen LogP contribution in [0.2, 0.25) is 0 Å². The van der Waals surface area contributed by atoms with Crippen molar-refractivity contribution >= 4 is 11.6 Å². The van der Waals surface area contributed by atoms with E-state index in [1.54, 1.807) is 0 Å². The Kier molecular flexibility index (Phi) is 6.66. The molecule has 3 aromatic carbocycles. The second-order valence-corrected chi connectivity index (χ2v) is 8.62. The van der Waals surface area contributed by atoms with Gasteiger partial charge in [0.25, 0.3) is 5.91 Å². The minimum Gasteiger partial charge on any atom is -0.305 e. The van der Waals surface area contributed by atoms with E-state index in [9.17, 15) is 13.6 Å². The van der Waals surface area contributed by atoms with Gasteiger partial charge in [-0.3, -0.25) is 9.69 Å². The molecule has 1 saturated heterocycles. The van der Waals surface area contributed by atoms with E-state index in [0.29, 0.717) is 17.7 Å². The first-order valence-electron chi connectivity index (χ1n) is 11.0. The highest BCUT2D eigenvalue weighted by molar-refractivity contribution is 6.06. The van der Waals surface area contributed by atoms with Gasteiger partial charge in [0.2, 0.25) is 0 Å². The van der Waals surface area contributed by atoms with Crippen molar-refractivity contribution in [2.24, 2.45) is 0 Å². The van der Waals surface area contributed by atoms with Crippen LogP contribution in [0.1, 0.15) is 39.9 Å². The molecule has 1 fully saturated rings. The molecule has 5 heteroatoms. The maximum atomic E-state index is 14.1. The van der Waals surface area contributed by atoms with E-state index >= 15 is 0 Å². The summed E-state index contributed by atoms with van der Waals surface area (Å²) in [6.45, 7) is 5.94. The van der Waals surface area contributed by atoms with Crippen LogP contribution in [0.4, 0.5) is 14.5 Å². The van der Waals surface area contributed by atoms with E-state index in [0.717, 1.165) is 48.8 Å². The van der Waals surface area contributed by atoms with E-state index in [2.05, 4.69) is 4.90 Å². The topological polar surface area (TPSA) is 23.6 Å². The van der Waals surface area contributed by atoms with Crippen molar-refractivity contribution in [2.45, 2.75) is 39.3 Å². The van der Waals surface area contributed by atoms with Crippen LogP contribution in [0, 0.1) is 25.5 Å². The molecular formula is C27H28F2N2O. The lowest BCUT2D eigenvalue weighted by atomic mass is 9.99. The zero-order chi connectivity index (χ0) is 22.7. The first-order valence-corrected chi connectivity index (χ1v) is 11.0. The Labute approximate surface area is 188 Å². The fraction of sp³-hybridized carbons (Fsp3) is 0.296. The van der Waals surface area contributed by atoms with Gasteiger partial charge in [-0.05, 0) is 57.0 Å². The van der Waals surface area contributed by atoms with E-state index in [1.807, 2.05) is 67.3 Å². The van der Waals surface area contributed by atoms with Crippen molar-refractivity contribution in [1.29, 1.82) is 0 Å². The monoisotopic (exact) mass is 434 g/mol. The molecule has 0 unspecified atom stereocenters. The summed E-state index contributed by atoms with van der Waals surface area (Å²) in [6.07, 6.45) is 1.57. The maximum absolute atomic E-state index is 14.1. The van der Waals surface area contributed by atoms with Gasteiger partial charge in [0.1, 0.15) is 11.6 Å². The van der Waals surface area contributed by atoms with Gasteiger partial charge >= 0.3 is 0 Å². The van der Waals surface area contributed by atoms with E-state index < -0.39 is 11.6 Å². The van der Waals surface area contributed by atoms with Crippen molar-refractivity contribution in [3.63, 3.8) is 0 Å². The van der Waals surface area contributed by atoms with Crippen LogP contribution in [-0.2, 0) is 6.54 Å². The first kappa shape index (κ1) is 22.2. The summed E-state index contributed by atoms with van der Waals surface area (Å²) >= 11 is 0. The number of hydrogen-bond donors (Lipinski definition) is 0. The first-order chi connectivity index (χ1) is 15.4. The van der Waals surface area contributed by atoms with Gasteiger partial charge in [-0.1, -0.05) is 41.5 Å². The van der Waals surface area contributed by atoms with E-state index in [-0.39, 0.29) is 11.9 Å². The lowest BCUT2D eigenvalue weighted by molar-refractivity contribution is 0.0958. The molecule has 32 heavy (non-hydrogen) atoms. The quantitative estimate of drug-likeness (QED) is 0.500. The summed E-state index contributed by atoms with van der Waals surface area (Å²) in [5, 5.41) is 0. The SMILES string of the molecule is Cc1ccc(N(C(=O)c2cccc(C)c2)C2CCN(Cc3ccc(F)cc3F)CC2)cc1. The highest BCUT2D eigenvalue weighted by Gasteiger charge is 2.30. The molecule has 3 aromatic rings. The van der Waals surface area contributed by atoms with Crippen LogP contribution < -0.4 is 4.90 Å². The molecule has 1 aliphatic heterocycles. The minimum atomic E-state index is -0.562. The second-order valence-electron chi connectivity index (χ2n) is 8.62. The Balaban J connectivity index is 1.52. The van der Waals surface area contributed by atoms with E-state index in [4.69, 9.17) is 0 Å².